The molecule has 0 bridgehead atoms. The molecule has 1 fully saturated rings. The lowest BCUT2D eigenvalue weighted by Gasteiger charge is -2.19. The molecule has 0 unspecified atom stereocenters. The average molecular weight is 269 g/mol. The minimum atomic E-state index is -3.29. The van der Waals surface area contributed by atoms with Crippen LogP contribution in [-0.4, -0.2) is 33.8 Å². The summed E-state index contributed by atoms with van der Waals surface area (Å²) >= 11 is 0. The molecule has 0 saturated carbocycles. The molecule has 0 atom stereocenters. The zero-order chi connectivity index (χ0) is 13.3. The Hall–Kier alpha value is -1.56. The number of carbonyl (C=O) groups is 1. The topological polar surface area (TPSA) is 63.7 Å². The van der Waals surface area contributed by atoms with Gasteiger partial charge in [0.2, 0.25) is 10.0 Å². The monoisotopic (exact) mass is 269 g/mol. The molecule has 18 heavy (non-hydrogen) atoms. The predicted octanol–water partition coefficient (Wildman–Crippen LogP) is 1.32. The number of sulfonamides is 1. The minimum absolute atomic E-state index is 0.126. The van der Waals surface area contributed by atoms with Gasteiger partial charge in [0.15, 0.2) is 0 Å². The molecular formula is C12H15NO4S. The van der Waals surface area contributed by atoms with Crippen molar-refractivity contribution >= 4 is 21.7 Å². The van der Waals surface area contributed by atoms with Crippen LogP contribution < -0.4 is 4.31 Å². The van der Waals surface area contributed by atoms with E-state index < -0.39 is 16.0 Å². The van der Waals surface area contributed by atoms with Crippen LogP contribution in [0.5, 0.6) is 0 Å². The van der Waals surface area contributed by atoms with Crippen LogP contribution in [0.3, 0.4) is 0 Å². The van der Waals surface area contributed by atoms with Gasteiger partial charge < -0.3 is 4.74 Å². The molecular weight excluding hydrogens is 254 g/mol. The van der Waals surface area contributed by atoms with E-state index in [0.717, 1.165) is 5.56 Å². The second-order valence-corrected chi connectivity index (χ2v) is 6.27. The molecule has 0 amide bonds. The minimum Gasteiger partial charge on any atom is -0.465 e. The van der Waals surface area contributed by atoms with Gasteiger partial charge >= 0.3 is 5.97 Å². The Balaban J connectivity index is 2.54. The quantitative estimate of drug-likeness (QED) is 0.760. The maximum Gasteiger partial charge on any atom is 0.340 e. The molecule has 98 valence electrons. The van der Waals surface area contributed by atoms with Gasteiger partial charge in [0, 0.05) is 6.54 Å². The summed E-state index contributed by atoms with van der Waals surface area (Å²) in [6, 6.07) is 5.09. The first-order valence-electron chi connectivity index (χ1n) is 5.65. The van der Waals surface area contributed by atoms with Gasteiger partial charge in [-0.15, -0.1) is 0 Å². The molecule has 0 radical (unpaired) electrons. The third-order valence-corrected chi connectivity index (χ3v) is 4.78. The van der Waals surface area contributed by atoms with Gasteiger partial charge in [0.25, 0.3) is 0 Å². The summed E-state index contributed by atoms with van der Waals surface area (Å²) in [5.74, 6) is -0.391. The molecule has 1 aromatic rings. The van der Waals surface area contributed by atoms with E-state index in [-0.39, 0.29) is 5.75 Å². The van der Waals surface area contributed by atoms with Gasteiger partial charge in [-0.2, -0.15) is 0 Å². The number of carbonyl (C=O) groups excluding carboxylic acids is 1. The highest BCUT2D eigenvalue weighted by molar-refractivity contribution is 7.93. The van der Waals surface area contributed by atoms with Crippen LogP contribution in [0.4, 0.5) is 5.69 Å². The standard InChI is InChI=1S/C12H15NO4S/c1-9-4-5-11(10(8-9)12(14)17-2)13-6-3-7-18(13,15)16/h4-5,8H,3,6-7H2,1-2H3. The van der Waals surface area contributed by atoms with Crippen molar-refractivity contribution < 1.29 is 17.9 Å². The van der Waals surface area contributed by atoms with Crippen molar-refractivity contribution in [2.75, 3.05) is 23.7 Å². The van der Waals surface area contributed by atoms with Crippen molar-refractivity contribution in [3.8, 4) is 0 Å². The van der Waals surface area contributed by atoms with E-state index in [1.54, 1.807) is 18.2 Å². The van der Waals surface area contributed by atoms with Crippen LogP contribution in [-0.2, 0) is 14.8 Å². The van der Waals surface area contributed by atoms with Crippen LogP contribution in [0, 0.1) is 6.92 Å². The Bertz CT molecular complexity index is 580. The summed E-state index contributed by atoms with van der Waals surface area (Å²) < 4.78 is 29.8. The molecule has 0 aromatic heterocycles. The van der Waals surface area contributed by atoms with E-state index in [0.29, 0.717) is 24.2 Å². The summed E-state index contributed by atoms with van der Waals surface area (Å²) in [5.41, 5.74) is 1.59. The van der Waals surface area contributed by atoms with Gasteiger partial charge in [-0.05, 0) is 25.5 Å². The first-order valence-corrected chi connectivity index (χ1v) is 7.26. The highest BCUT2D eigenvalue weighted by Crippen LogP contribution is 2.28. The van der Waals surface area contributed by atoms with Crippen LogP contribution in [0.25, 0.3) is 0 Å². The Kier molecular flexibility index (Phi) is 3.30. The molecule has 0 spiro atoms. The number of esters is 1. The predicted molar refractivity (Wildman–Crippen MR) is 68.3 cm³/mol. The van der Waals surface area contributed by atoms with Crippen LogP contribution in [0.1, 0.15) is 22.3 Å². The average Bonchev–Trinajstić information content (AvgIpc) is 2.68. The fourth-order valence-corrected chi connectivity index (χ4v) is 3.63. The molecule has 1 saturated heterocycles. The van der Waals surface area contributed by atoms with E-state index in [1.165, 1.54) is 11.4 Å². The largest absolute Gasteiger partial charge is 0.465 e. The lowest BCUT2D eigenvalue weighted by Crippen LogP contribution is -2.27. The van der Waals surface area contributed by atoms with Crippen LogP contribution in [0.2, 0.25) is 0 Å². The zero-order valence-corrected chi connectivity index (χ0v) is 11.2. The Labute approximate surface area is 106 Å². The van der Waals surface area contributed by atoms with Crippen molar-refractivity contribution in [1.29, 1.82) is 0 Å². The third-order valence-electron chi connectivity index (χ3n) is 2.93. The number of nitrogens with zero attached hydrogens (tertiary/aromatic N) is 1. The fourth-order valence-electron chi connectivity index (χ4n) is 2.05. The van der Waals surface area contributed by atoms with Crippen molar-refractivity contribution in [2.24, 2.45) is 0 Å². The van der Waals surface area contributed by atoms with E-state index in [1.807, 2.05) is 6.92 Å². The number of anilines is 1. The first-order chi connectivity index (χ1) is 8.45. The van der Waals surface area contributed by atoms with E-state index in [4.69, 9.17) is 4.74 Å². The maximum absolute atomic E-state index is 11.9. The summed E-state index contributed by atoms with van der Waals surface area (Å²) in [5, 5.41) is 0. The van der Waals surface area contributed by atoms with E-state index >= 15 is 0 Å². The van der Waals surface area contributed by atoms with Crippen LogP contribution >= 0.6 is 0 Å². The Morgan fingerprint density at radius 2 is 2.11 bits per heavy atom. The Morgan fingerprint density at radius 3 is 2.67 bits per heavy atom. The second kappa shape index (κ2) is 4.61. The van der Waals surface area contributed by atoms with Gasteiger partial charge in [0.1, 0.15) is 0 Å². The summed E-state index contributed by atoms with van der Waals surface area (Å²) in [6.45, 7) is 2.25. The number of ether oxygens (including phenoxy) is 1. The summed E-state index contributed by atoms with van der Waals surface area (Å²) in [4.78, 5) is 11.7. The molecule has 0 N–H and O–H groups in total. The molecule has 1 aliphatic heterocycles. The molecule has 2 rings (SSSR count). The zero-order valence-electron chi connectivity index (χ0n) is 10.3. The summed E-state index contributed by atoms with van der Waals surface area (Å²) in [6.07, 6.45) is 0.580. The molecule has 5 nitrogen and oxygen atoms in total. The molecule has 1 heterocycles. The number of benzene rings is 1. The third kappa shape index (κ3) is 2.20. The highest BCUT2D eigenvalue weighted by atomic mass is 32.2. The Morgan fingerprint density at radius 1 is 1.39 bits per heavy atom. The maximum atomic E-state index is 11.9. The van der Waals surface area contributed by atoms with Gasteiger partial charge in [-0.1, -0.05) is 11.6 Å². The lowest BCUT2D eigenvalue weighted by atomic mass is 10.1. The highest BCUT2D eigenvalue weighted by Gasteiger charge is 2.31. The van der Waals surface area contributed by atoms with Crippen molar-refractivity contribution in [1.82, 2.24) is 0 Å². The van der Waals surface area contributed by atoms with Gasteiger partial charge in [0.05, 0.1) is 24.1 Å². The van der Waals surface area contributed by atoms with Crippen LogP contribution in [0.15, 0.2) is 18.2 Å². The number of hydrogen-bond donors (Lipinski definition) is 0. The molecule has 1 aliphatic rings. The second-order valence-electron chi connectivity index (χ2n) is 4.25. The summed E-state index contributed by atoms with van der Waals surface area (Å²) in [7, 11) is -2.01. The smallest absolute Gasteiger partial charge is 0.340 e. The lowest BCUT2D eigenvalue weighted by molar-refractivity contribution is 0.0601. The molecule has 1 aromatic carbocycles. The number of aryl methyl sites for hydroxylation is 1. The van der Waals surface area contributed by atoms with Crippen molar-refractivity contribution in [2.45, 2.75) is 13.3 Å². The SMILES string of the molecule is COC(=O)c1cc(C)ccc1N1CCCS1(=O)=O. The normalized spacial score (nSPS) is 17.8. The van der Waals surface area contributed by atoms with Gasteiger partial charge in [-0.3, -0.25) is 4.31 Å². The fraction of sp³-hybridized carbons (Fsp3) is 0.417. The molecule has 6 heteroatoms. The van der Waals surface area contributed by atoms with Crippen molar-refractivity contribution in [3.63, 3.8) is 0 Å². The number of rotatable bonds is 2. The van der Waals surface area contributed by atoms with Gasteiger partial charge in [-0.25, -0.2) is 13.2 Å². The number of methoxy groups -OCH3 is 1. The number of hydrogen-bond acceptors (Lipinski definition) is 4. The van der Waals surface area contributed by atoms with Crippen molar-refractivity contribution in [3.05, 3.63) is 29.3 Å². The molecule has 0 aliphatic carbocycles. The van der Waals surface area contributed by atoms with E-state index in [2.05, 4.69) is 0 Å². The van der Waals surface area contributed by atoms with E-state index in [9.17, 15) is 13.2 Å². The first kappa shape index (κ1) is 12.9.